The molecular formula is C28H36N6O3S. The Morgan fingerprint density at radius 2 is 1.79 bits per heavy atom. The van der Waals surface area contributed by atoms with Crippen molar-refractivity contribution in [2.45, 2.75) is 56.5 Å². The molecule has 1 saturated carbocycles. The highest BCUT2D eigenvalue weighted by Crippen LogP contribution is 2.31. The van der Waals surface area contributed by atoms with Crippen molar-refractivity contribution in [3.8, 4) is 17.3 Å². The first-order valence-corrected chi connectivity index (χ1v) is 14.6. The summed E-state index contributed by atoms with van der Waals surface area (Å²) in [5.74, 6) is -0.542. The SMILES string of the molecule is N#CCNC(=O)C1(NC(=O)c2ccc(-c3csc(N4CCN(C5CCOCC5)CC4)n3)cc2)CCCCC1. The molecule has 10 heteroatoms. The quantitative estimate of drug-likeness (QED) is 0.523. The fraction of sp³-hybridized carbons (Fsp3) is 0.571. The van der Waals surface area contributed by atoms with E-state index in [2.05, 4.69) is 25.8 Å². The maximum atomic E-state index is 13.1. The van der Waals surface area contributed by atoms with Gasteiger partial charge in [-0.3, -0.25) is 14.5 Å². The first kappa shape index (κ1) is 26.6. The minimum Gasteiger partial charge on any atom is -0.381 e. The molecule has 5 rings (SSSR count). The molecule has 9 nitrogen and oxygen atoms in total. The van der Waals surface area contributed by atoms with Crippen LogP contribution in [0.25, 0.3) is 11.3 Å². The van der Waals surface area contributed by atoms with Crippen LogP contribution in [0.4, 0.5) is 5.13 Å². The lowest BCUT2D eigenvalue weighted by atomic mass is 9.80. The van der Waals surface area contributed by atoms with Crippen molar-refractivity contribution in [2.24, 2.45) is 0 Å². The average Bonchev–Trinajstić information content (AvgIpc) is 3.47. The van der Waals surface area contributed by atoms with Crippen LogP contribution in [-0.2, 0) is 9.53 Å². The molecular weight excluding hydrogens is 500 g/mol. The van der Waals surface area contributed by atoms with E-state index < -0.39 is 5.54 Å². The molecule has 2 aliphatic heterocycles. The molecule has 38 heavy (non-hydrogen) atoms. The zero-order valence-corrected chi connectivity index (χ0v) is 22.6. The highest BCUT2D eigenvalue weighted by Gasteiger charge is 2.40. The molecule has 3 fully saturated rings. The Morgan fingerprint density at radius 3 is 2.47 bits per heavy atom. The monoisotopic (exact) mass is 536 g/mol. The number of piperazine rings is 1. The highest BCUT2D eigenvalue weighted by molar-refractivity contribution is 7.14. The van der Waals surface area contributed by atoms with Crippen molar-refractivity contribution in [2.75, 3.05) is 50.8 Å². The third-order valence-electron chi connectivity index (χ3n) is 8.05. The first-order chi connectivity index (χ1) is 18.6. The smallest absolute Gasteiger partial charge is 0.252 e. The molecule has 0 unspecified atom stereocenters. The molecule has 2 saturated heterocycles. The maximum Gasteiger partial charge on any atom is 0.252 e. The molecule has 3 aliphatic rings. The molecule has 0 atom stereocenters. The van der Waals surface area contributed by atoms with Gasteiger partial charge in [0, 0.05) is 61.9 Å². The summed E-state index contributed by atoms with van der Waals surface area (Å²) in [6, 6.07) is 10.0. The van der Waals surface area contributed by atoms with Crippen LogP contribution in [0.2, 0.25) is 0 Å². The summed E-state index contributed by atoms with van der Waals surface area (Å²) in [6.07, 6.45) is 6.21. The van der Waals surface area contributed by atoms with Crippen LogP contribution in [0, 0.1) is 11.3 Å². The predicted octanol–water partition coefficient (Wildman–Crippen LogP) is 3.18. The lowest BCUT2D eigenvalue weighted by molar-refractivity contribution is -0.128. The number of rotatable bonds is 7. The lowest BCUT2D eigenvalue weighted by Gasteiger charge is -2.40. The molecule has 202 valence electrons. The Morgan fingerprint density at radius 1 is 1.08 bits per heavy atom. The number of ether oxygens (including phenoxy) is 1. The van der Waals surface area contributed by atoms with Gasteiger partial charge in [-0.05, 0) is 37.8 Å². The van der Waals surface area contributed by atoms with E-state index in [9.17, 15) is 9.59 Å². The fourth-order valence-corrected chi connectivity index (χ4v) is 6.69. The summed E-state index contributed by atoms with van der Waals surface area (Å²) in [4.78, 5) is 35.8. The summed E-state index contributed by atoms with van der Waals surface area (Å²) < 4.78 is 5.51. The zero-order chi connectivity index (χ0) is 26.4. The van der Waals surface area contributed by atoms with E-state index in [1.807, 2.05) is 18.2 Å². The number of amides is 2. The molecule has 2 aromatic rings. The number of thiazole rings is 1. The van der Waals surface area contributed by atoms with E-state index in [4.69, 9.17) is 15.0 Å². The molecule has 1 aliphatic carbocycles. The Hall–Kier alpha value is -3.00. The van der Waals surface area contributed by atoms with Gasteiger partial charge in [-0.2, -0.15) is 5.26 Å². The van der Waals surface area contributed by atoms with Crippen molar-refractivity contribution in [3.63, 3.8) is 0 Å². The van der Waals surface area contributed by atoms with Crippen LogP contribution >= 0.6 is 11.3 Å². The number of nitriles is 1. The number of carbonyl (C=O) groups excluding carboxylic acids is 2. The minimum atomic E-state index is -0.955. The number of anilines is 1. The van der Waals surface area contributed by atoms with Gasteiger partial charge in [0.05, 0.1) is 11.8 Å². The number of carbonyl (C=O) groups is 2. The van der Waals surface area contributed by atoms with Crippen LogP contribution < -0.4 is 15.5 Å². The molecule has 2 amide bonds. The van der Waals surface area contributed by atoms with Gasteiger partial charge in [0.2, 0.25) is 5.91 Å². The molecule has 2 N–H and O–H groups in total. The second-order valence-corrected chi connectivity index (χ2v) is 11.2. The summed E-state index contributed by atoms with van der Waals surface area (Å²) in [6.45, 7) is 5.75. The fourth-order valence-electron chi connectivity index (χ4n) is 5.81. The topological polar surface area (TPSA) is 111 Å². The van der Waals surface area contributed by atoms with Gasteiger partial charge in [-0.25, -0.2) is 4.98 Å². The Bertz CT molecular complexity index is 1140. The summed E-state index contributed by atoms with van der Waals surface area (Å²) in [5, 5.41) is 17.6. The molecule has 0 spiro atoms. The van der Waals surface area contributed by atoms with Gasteiger partial charge >= 0.3 is 0 Å². The van der Waals surface area contributed by atoms with Gasteiger partial charge in [0.1, 0.15) is 12.1 Å². The predicted molar refractivity (Wildman–Crippen MR) is 147 cm³/mol. The number of benzene rings is 1. The van der Waals surface area contributed by atoms with Crippen LogP contribution in [0.15, 0.2) is 29.6 Å². The lowest BCUT2D eigenvalue weighted by Crippen LogP contribution is -2.59. The second kappa shape index (κ2) is 12.2. The number of nitrogens with zero attached hydrogens (tertiary/aromatic N) is 4. The van der Waals surface area contributed by atoms with Gasteiger partial charge in [-0.1, -0.05) is 31.4 Å². The van der Waals surface area contributed by atoms with Crippen LogP contribution in [0.5, 0.6) is 0 Å². The summed E-state index contributed by atoms with van der Waals surface area (Å²) in [5.41, 5.74) is 1.42. The first-order valence-electron chi connectivity index (χ1n) is 13.7. The summed E-state index contributed by atoms with van der Waals surface area (Å²) >= 11 is 1.66. The number of hydrogen-bond acceptors (Lipinski definition) is 8. The average molecular weight is 537 g/mol. The van der Waals surface area contributed by atoms with Gasteiger partial charge in [-0.15, -0.1) is 11.3 Å². The van der Waals surface area contributed by atoms with E-state index in [-0.39, 0.29) is 18.4 Å². The molecule has 1 aromatic heterocycles. The Kier molecular flexibility index (Phi) is 8.57. The molecule has 1 aromatic carbocycles. The Labute approximate surface area is 228 Å². The van der Waals surface area contributed by atoms with Crippen molar-refractivity contribution in [3.05, 3.63) is 35.2 Å². The number of aromatic nitrogens is 1. The van der Waals surface area contributed by atoms with E-state index in [0.29, 0.717) is 24.4 Å². The van der Waals surface area contributed by atoms with Crippen LogP contribution in [0.3, 0.4) is 0 Å². The molecule has 0 radical (unpaired) electrons. The van der Waals surface area contributed by atoms with Gasteiger partial charge in [0.15, 0.2) is 5.13 Å². The third-order valence-corrected chi connectivity index (χ3v) is 8.95. The van der Waals surface area contributed by atoms with Gasteiger partial charge in [0.25, 0.3) is 5.91 Å². The Balaban J connectivity index is 1.19. The highest BCUT2D eigenvalue weighted by atomic mass is 32.1. The van der Waals surface area contributed by atoms with Crippen molar-refractivity contribution in [1.82, 2.24) is 20.5 Å². The van der Waals surface area contributed by atoms with Crippen molar-refractivity contribution in [1.29, 1.82) is 5.26 Å². The number of nitrogens with one attached hydrogen (secondary N) is 2. The van der Waals surface area contributed by atoms with E-state index in [1.54, 1.807) is 23.5 Å². The van der Waals surface area contributed by atoms with Gasteiger partial charge < -0.3 is 20.3 Å². The van der Waals surface area contributed by atoms with E-state index in [0.717, 1.165) is 87.9 Å². The van der Waals surface area contributed by atoms with Crippen LogP contribution in [-0.4, -0.2) is 79.2 Å². The van der Waals surface area contributed by atoms with E-state index >= 15 is 0 Å². The third kappa shape index (κ3) is 6.01. The largest absolute Gasteiger partial charge is 0.381 e. The molecule has 3 heterocycles. The normalized spacial score (nSPS) is 20.4. The maximum absolute atomic E-state index is 13.1. The number of hydrogen-bond donors (Lipinski definition) is 2. The zero-order valence-electron chi connectivity index (χ0n) is 21.8. The van der Waals surface area contributed by atoms with Crippen molar-refractivity contribution >= 4 is 28.3 Å². The van der Waals surface area contributed by atoms with E-state index in [1.165, 1.54) is 0 Å². The van der Waals surface area contributed by atoms with Crippen LogP contribution in [0.1, 0.15) is 55.3 Å². The summed E-state index contributed by atoms with van der Waals surface area (Å²) in [7, 11) is 0. The molecule has 0 bridgehead atoms. The minimum absolute atomic E-state index is 0.0631. The standard InChI is InChI=1S/C28H36N6O3S/c29-12-13-30-26(36)28(10-2-1-3-11-28)32-25(35)22-6-4-21(5-7-22)24-20-38-27(31-24)34-16-14-33(15-17-34)23-8-18-37-19-9-23/h4-7,20,23H,1-3,8-11,13-19H2,(H,30,36)(H,32,35). The second-order valence-electron chi connectivity index (χ2n) is 10.4. The van der Waals surface area contributed by atoms with Crippen molar-refractivity contribution < 1.29 is 14.3 Å².